The van der Waals surface area contributed by atoms with Crippen LogP contribution >= 0.6 is 23.4 Å². The van der Waals surface area contributed by atoms with Crippen LogP contribution in [0.15, 0.2) is 52.3 Å². The van der Waals surface area contributed by atoms with Crippen molar-refractivity contribution in [3.8, 4) is 0 Å². The van der Waals surface area contributed by atoms with Crippen LogP contribution in [0.2, 0.25) is 5.02 Å². The van der Waals surface area contributed by atoms with Gasteiger partial charge in [-0.2, -0.15) is 0 Å². The van der Waals surface area contributed by atoms with Gasteiger partial charge in [-0.25, -0.2) is 17.9 Å². The predicted octanol–water partition coefficient (Wildman–Crippen LogP) is 2.77. The fourth-order valence-corrected chi connectivity index (χ4v) is 3.38. The molecule has 2 aromatic rings. The van der Waals surface area contributed by atoms with Gasteiger partial charge in [-0.15, -0.1) is 11.8 Å². The Bertz CT molecular complexity index is 946. The number of carbonyl (C=O) groups excluding carboxylic acids is 2. The Labute approximate surface area is 166 Å². The van der Waals surface area contributed by atoms with Gasteiger partial charge in [0.15, 0.2) is 6.61 Å². The van der Waals surface area contributed by atoms with Crippen LogP contribution in [0.4, 0.5) is 5.69 Å². The molecule has 0 aliphatic heterocycles. The smallest absolute Gasteiger partial charge is 0.340 e. The van der Waals surface area contributed by atoms with Crippen molar-refractivity contribution >= 4 is 50.9 Å². The molecule has 2 N–H and O–H groups in total. The van der Waals surface area contributed by atoms with Gasteiger partial charge in [0.1, 0.15) is 0 Å². The monoisotopic (exact) mass is 428 g/mol. The van der Waals surface area contributed by atoms with Crippen LogP contribution in [0.3, 0.4) is 0 Å². The summed E-state index contributed by atoms with van der Waals surface area (Å²) in [5, 5.41) is 2.61. The lowest BCUT2D eigenvalue weighted by molar-refractivity contribution is -0.119. The molecule has 1 amide bonds. The minimum Gasteiger partial charge on any atom is -0.452 e. The third-order valence-electron chi connectivity index (χ3n) is 3.44. The van der Waals surface area contributed by atoms with Gasteiger partial charge in [-0.3, -0.25) is 4.79 Å². The van der Waals surface area contributed by atoms with Crippen LogP contribution in [0.5, 0.6) is 0 Å². The first kappa shape index (κ1) is 21.2. The van der Waals surface area contributed by atoms with E-state index in [1.54, 1.807) is 23.9 Å². The Balaban J connectivity index is 2.02. The molecule has 0 aliphatic rings. The van der Waals surface area contributed by atoms with Crippen molar-refractivity contribution in [1.82, 2.24) is 4.72 Å². The molecule has 0 aliphatic carbocycles. The maximum absolute atomic E-state index is 12.2. The maximum Gasteiger partial charge on any atom is 0.340 e. The second-order valence-electron chi connectivity index (χ2n) is 5.20. The van der Waals surface area contributed by atoms with Crippen molar-refractivity contribution < 1.29 is 22.7 Å². The molecule has 0 radical (unpaired) electrons. The Kier molecular flexibility index (Phi) is 7.25. The number of rotatable bonds is 7. The Morgan fingerprint density at radius 3 is 2.41 bits per heavy atom. The van der Waals surface area contributed by atoms with Gasteiger partial charge in [-0.1, -0.05) is 11.6 Å². The fraction of sp³-hybridized carbons (Fsp3) is 0.176. The van der Waals surface area contributed by atoms with E-state index in [0.717, 1.165) is 11.0 Å². The van der Waals surface area contributed by atoms with Crippen LogP contribution < -0.4 is 10.0 Å². The molecule has 0 saturated heterocycles. The molecule has 2 aromatic carbocycles. The highest BCUT2D eigenvalue weighted by molar-refractivity contribution is 7.98. The molecule has 0 bridgehead atoms. The molecule has 27 heavy (non-hydrogen) atoms. The standard InChI is InChI=1S/C17H17ClN2O5S2/c1-19-27(23,24)13-7-8-15(18)14(9-13)17(22)25-10-16(21)20-11-3-5-12(26-2)6-4-11/h3-9,19H,10H2,1-2H3,(H,20,21). The van der Waals surface area contributed by atoms with E-state index in [0.29, 0.717) is 5.69 Å². The molecule has 10 heteroatoms. The van der Waals surface area contributed by atoms with Gasteiger partial charge in [0.2, 0.25) is 10.0 Å². The highest BCUT2D eigenvalue weighted by Crippen LogP contribution is 2.21. The quantitative estimate of drug-likeness (QED) is 0.519. The van der Waals surface area contributed by atoms with Crippen LogP contribution in [-0.4, -0.2) is 40.2 Å². The highest BCUT2D eigenvalue weighted by Gasteiger charge is 2.19. The van der Waals surface area contributed by atoms with Gasteiger partial charge in [0, 0.05) is 10.6 Å². The summed E-state index contributed by atoms with van der Waals surface area (Å²) in [4.78, 5) is 25.0. The number of halogens is 1. The normalized spacial score (nSPS) is 11.1. The van der Waals surface area contributed by atoms with Crippen LogP contribution in [0.1, 0.15) is 10.4 Å². The lowest BCUT2D eigenvalue weighted by Gasteiger charge is -2.09. The number of carbonyl (C=O) groups is 2. The maximum atomic E-state index is 12.2. The van der Waals surface area contributed by atoms with E-state index in [4.69, 9.17) is 16.3 Å². The summed E-state index contributed by atoms with van der Waals surface area (Å²) in [6.07, 6.45) is 1.94. The molecule has 0 atom stereocenters. The molecule has 2 rings (SSSR count). The van der Waals surface area contributed by atoms with E-state index in [2.05, 4.69) is 10.0 Å². The van der Waals surface area contributed by atoms with E-state index >= 15 is 0 Å². The number of nitrogens with one attached hydrogen (secondary N) is 2. The number of sulfonamides is 1. The first-order valence-corrected chi connectivity index (χ1v) is 10.7. The van der Waals surface area contributed by atoms with Crippen molar-refractivity contribution in [2.75, 3.05) is 25.2 Å². The van der Waals surface area contributed by atoms with E-state index in [-0.39, 0.29) is 15.5 Å². The van der Waals surface area contributed by atoms with E-state index in [9.17, 15) is 18.0 Å². The topological polar surface area (TPSA) is 102 Å². The van der Waals surface area contributed by atoms with Gasteiger partial charge < -0.3 is 10.1 Å². The first-order valence-electron chi connectivity index (χ1n) is 7.61. The van der Waals surface area contributed by atoms with Crippen molar-refractivity contribution in [2.45, 2.75) is 9.79 Å². The number of benzene rings is 2. The van der Waals surface area contributed by atoms with E-state index in [1.165, 1.54) is 19.2 Å². The zero-order valence-electron chi connectivity index (χ0n) is 14.5. The summed E-state index contributed by atoms with van der Waals surface area (Å²) in [5.74, 6) is -1.43. The molecule has 0 spiro atoms. The zero-order valence-corrected chi connectivity index (χ0v) is 16.9. The van der Waals surface area contributed by atoms with Crippen LogP contribution in [0.25, 0.3) is 0 Å². The van der Waals surface area contributed by atoms with Gasteiger partial charge in [-0.05, 0) is 55.8 Å². The van der Waals surface area contributed by atoms with E-state index in [1.807, 2.05) is 18.4 Å². The molecule has 0 saturated carbocycles. The number of hydrogen-bond donors (Lipinski definition) is 2. The highest BCUT2D eigenvalue weighted by atomic mass is 35.5. The fourth-order valence-electron chi connectivity index (χ4n) is 2.03. The number of thioether (sulfide) groups is 1. The second-order valence-corrected chi connectivity index (χ2v) is 8.38. The summed E-state index contributed by atoms with van der Waals surface area (Å²) < 4.78 is 30.7. The lowest BCUT2D eigenvalue weighted by Crippen LogP contribution is -2.22. The van der Waals surface area contributed by atoms with Gasteiger partial charge in [0.05, 0.1) is 15.5 Å². The molecule has 0 aromatic heterocycles. The molecular formula is C17H17ClN2O5S2. The number of hydrogen-bond acceptors (Lipinski definition) is 6. The first-order chi connectivity index (χ1) is 12.8. The molecule has 0 heterocycles. The Morgan fingerprint density at radius 2 is 1.81 bits per heavy atom. The summed E-state index contributed by atoms with van der Waals surface area (Å²) in [6, 6.07) is 10.8. The Hall–Kier alpha value is -2.07. The predicted molar refractivity (Wildman–Crippen MR) is 105 cm³/mol. The lowest BCUT2D eigenvalue weighted by atomic mass is 10.2. The molecule has 144 valence electrons. The summed E-state index contributed by atoms with van der Waals surface area (Å²) >= 11 is 7.51. The summed E-state index contributed by atoms with van der Waals surface area (Å²) in [6.45, 7) is -0.539. The van der Waals surface area contributed by atoms with Gasteiger partial charge in [0.25, 0.3) is 5.91 Å². The average molecular weight is 429 g/mol. The largest absolute Gasteiger partial charge is 0.452 e. The minimum absolute atomic E-state index is 0.0168. The molecule has 7 nitrogen and oxygen atoms in total. The summed E-state index contributed by atoms with van der Waals surface area (Å²) in [7, 11) is -2.50. The van der Waals surface area contributed by atoms with Crippen LogP contribution in [-0.2, 0) is 19.6 Å². The minimum atomic E-state index is -3.75. The number of anilines is 1. The summed E-state index contributed by atoms with van der Waals surface area (Å²) in [5.41, 5.74) is 0.416. The molecule has 0 fully saturated rings. The molecular weight excluding hydrogens is 412 g/mol. The van der Waals surface area contributed by atoms with Gasteiger partial charge >= 0.3 is 5.97 Å². The van der Waals surface area contributed by atoms with E-state index < -0.39 is 28.5 Å². The number of amides is 1. The van der Waals surface area contributed by atoms with Crippen molar-refractivity contribution in [2.24, 2.45) is 0 Å². The third kappa shape index (κ3) is 5.70. The average Bonchev–Trinajstić information content (AvgIpc) is 2.67. The number of ether oxygens (including phenoxy) is 1. The number of esters is 1. The van der Waals surface area contributed by atoms with Crippen molar-refractivity contribution in [1.29, 1.82) is 0 Å². The van der Waals surface area contributed by atoms with Crippen molar-refractivity contribution in [3.63, 3.8) is 0 Å². The third-order valence-corrected chi connectivity index (χ3v) is 5.93. The SMILES string of the molecule is CNS(=O)(=O)c1ccc(Cl)c(C(=O)OCC(=O)Nc2ccc(SC)cc2)c1. The zero-order chi connectivity index (χ0) is 20.0. The Morgan fingerprint density at radius 1 is 1.15 bits per heavy atom. The van der Waals surface area contributed by atoms with Crippen LogP contribution in [0, 0.1) is 0 Å². The molecule has 0 unspecified atom stereocenters. The second kappa shape index (κ2) is 9.23. The van der Waals surface area contributed by atoms with Crippen molar-refractivity contribution in [3.05, 3.63) is 53.1 Å².